The van der Waals surface area contributed by atoms with Gasteiger partial charge in [-0.25, -0.2) is 0 Å². The Balaban J connectivity index is 1.69. The monoisotopic (exact) mass is 355 g/mol. The molecule has 0 bridgehead atoms. The van der Waals surface area contributed by atoms with Crippen LogP contribution in [0.15, 0.2) is 42.5 Å². The van der Waals surface area contributed by atoms with Crippen LogP contribution in [0.1, 0.15) is 36.9 Å². The minimum absolute atomic E-state index is 0.000476. The highest BCUT2D eigenvalue weighted by Crippen LogP contribution is 2.27. The molecular formula is C19H21N3O4. The summed E-state index contributed by atoms with van der Waals surface area (Å²) in [6.07, 6.45) is 1.48. The van der Waals surface area contributed by atoms with Crippen molar-refractivity contribution in [2.45, 2.75) is 32.4 Å². The molecule has 1 atom stereocenters. The molecule has 0 aromatic heterocycles. The Kier molecular flexibility index (Phi) is 5.18. The van der Waals surface area contributed by atoms with Gasteiger partial charge in [-0.2, -0.15) is 0 Å². The van der Waals surface area contributed by atoms with Gasteiger partial charge in [-0.1, -0.05) is 18.2 Å². The van der Waals surface area contributed by atoms with E-state index in [0.29, 0.717) is 18.5 Å². The lowest BCUT2D eigenvalue weighted by Gasteiger charge is -2.19. The summed E-state index contributed by atoms with van der Waals surface area (Å²) in [4.78, 5) is 24.0. The minimum atomic E-state index is -0.598. The van der Waals surface area contributed by atoms with Gasteiger partial charge in [-0.3, -0.25) is 14.9 Å². The Morgan fingerprint density at radius 2 is 2.12 bits per heavy atom. The van der Waals surface area contributed by atoms with E-state index in [2.05, 4.69) is 5.32 Å². The van der Waals surface area contributed by atoms with Crippen molar-refractivity contribution in [1.82, 2.24) is 5.32 Å². The fraction of sp³-hybridized carbons (Fsp3) is 0.316. The van der Waals surface area contributed by atoms with Crippen molar-refractivity contribution < 1.29 is 14.8 Å². The standard InChI is InChI=1S/C19H21N3O4/c1-13(20-12-14-7-8-18(23)17(10-14)22(25)26)15-4-2-5-16(11-15)21-9-3-6-19(21)24/h2,4-5,7-8,10-11,13,20,23H,3,6,9,12H2,1H3. The summed E-state index contributed by atoms with van der Waals surface area (Å²) in [5.41, 5.74) is 2.35. The summed E-state index contributed by atoms with van der Waals surface area (Å²) in [6, 6.07) is 12.2. The Morgan fingerprint density at radius 3 is 2.81 bits per heavy atom. The number of phenols is 1. The van der Waals surface area contributed by atoms with Crippen LogP contribution in [0.4, 0.5) is 11.4 Å². The zero-order valence-corrected chi connectivity index (χ0v) is 14.5. The molecule has 2 aromatic rings. The number of anilines is 1. The predicted octanol–water partition coefficient (Wildman–Crippen LogP) is 3.28. The first-order valence-corrected chi connectivity index (χ1v) is 8.55. The van der Waals surface area contributed by atoms with E-state index in [1.807, 2.05) is 31.2 Å². The van der Waals surface area contributed by atoms with Crippen molar-refractivity contribution in [3.05, 3.63) is 63.7 Å². The van der Waals surface area contributed by atoms with Crippen molar-refractivity contribution in [2.24, 2.45) is 0 Å². The fourth-order valence-corrected chi connectivity index (χ4v) is 3.10. The Morgan fingerprint density at radius 1 is 1.31 bits per heavy atom. The van der Waals surface area contributed by atoms with E-state index in [-0.39, 0.29) is 23.4 Å². The fourth-order valence-electron chi connectivity index (χ4n) is 3.10. The number of nitrogens with one attached hydrogen (secondary N) is 1. The van der Waals surface area contributed by atoms with Gasteiger partial charge < -0.3 is 15.3 Å². The third-order valence-corrected chi connectivity index (χ3v) is 4.60. The molecule has 7 nitrogen and oxygen atoms in total. The Bertz CT molecular complexity index is 837. The van der Waals surface area contributed by atoms with Crippen LogP contribution in [0, 0.1) is 10.1 Å². The van der Waals surface area contributed by atoms with Gasteiger partial charge >= 0.3 is 5.69 Å². The van der Waals surface area contributed by atoms with Gasteiger partial charge in [0.1, 0.15) is 0 Å². The lowest BCUT2D eigenvalue weighted by Crippen LogP contribution is -2.24. The molecule has 2 N–H and O–H groups in total. The summed E-state index contributed by atoms with van der Waals surface area (Å²) in [5, 5.41) is 23.8. The van der Waals surface area contributed by atoms with Crippen molar-refractivity contribution in [3.8, 4) is 5.75 Å². The van der Waals surface area contributed by atoms with E-state index < -0.39 is 4.92 Å². The molecular weight excluding hydrogens is 334 g/mol. The Hall–Kier alpha value is -2.93. The molecule has 1 fully saturated rings. The number of carbonyl (C=O) groups is 1. The summed E-state index contributed by atoms with van der Waals surface area (Å²) < 4.78 is 0. The maximum atomic E-state index is 11.9. The normalized spacial score (nSPS) is 15.3. The highest BCUT2D eigenvalue weighted by Gasteiger charge is 2.22. The third-order valence-electron chi connectivity index (χ3n) is 4.60. The van der Waals surface area contributed by atoms with Gasteiger partial charge in [0, 0.05) is 37.3 Å². The number of nitrogens with zero attached hydrogens (tertiary/aromatic N) is 2. The number of nitro groups is 1. The van der Waals surface area contributed by atoms with Crippen molar-refractivity contribution in [2.75, 3.05) is 11.4 Å². The average Bonchev–Trinajstić information content (AvgIpc) is 3.06. The molecule has 7 heteroatoms. The van der Waals surface area contributed by atoms with Crippen molar-refractivity contribution in [1.29, 1.82) is 0 Å². The number of rotatable bonds is 6. The summed E-state index contributed by atoms with van der Waals surface area (Å²) in [5.74, 6) is -0.186. The molecule has 1 amide bonds. The summed E-state index contributed by atoms with van der Waals surface area (Å²) in [6.45, 7) is 3.18. The second-order valence-electron chi connectivity index (χ2n) is 6.43. The van der Waals surface area contributed by atoms with Crippen molar-refractivity contribution in [3.63, 3.8) is 0 Å². The van der Waals surface area contributed by atoms with E-state index in [1.165, 1.54) is 12.1 Å². The summed E-state index contributed by atoms with van der Waals surface area (Å²) >= 11 is 0. The molecule has 2 aromatic carbocycles. The van der Waals surface area contributed by atoms with Crippen LogP contribution >= 0.6 is 0 Å². The van der Waals surface area contributed by atoms with Gasteiger partial charge in [0.15, 0.2) is 5.75 Å². The van der Waals surface area contributed by atoms with Crippen LogP contribution in [-0.2, 0) is 11.3 Å². The van der Waals surface area contributed by atoms with E-state index >= 15 is 0 Å². The SMILES string of the molecule is CC(NCc1ccc(O)c([N+](=O)[O-])c1)c1cccc(N2CCCC2=O)c1. The molecule has 1 saturated heterocycles. The third kappa shape index (κ3) is 3.83. The van der Waals surface area contributed by atoms with Crippen LogP contribution in [-0.4, -0.2) is 22.5 Å². The van der Waals surface area contributed by atoms with E-state index in [4.69, 9.17) is 0 Å². The lowest BCUT2D eigenvalue weighted by molar-refractivity contribution is -0.385. The molecule has 26 heavy (non-hydrogen) atoms. The highest BCUT2D eigenvalue weighted by atomic mass is 16.6. The Labute approximate surface area is 151 Å². The quantitative estimate of drug-likeness (QED) is 0.612. The minimum Gasteiger partial charge on any atom is -0.502 e. The van der Waals surface area contributed by atoms with Crippen LogP contribution in [0.2, 0.25) is 0 Å². The number of benzene rings is 2. The van der Waals surface area contributed by atoms with Crippen LogP contribution in [0.5, 0.6) is 5.75 Å². The van der Waals surface area contributed by atoms with Gasteiger partial charge in [0.25, 0.3) is 0 Å². The number of amides is 1. The van der Waals surface area contributed by atoms with E-state index in [0.717, 1.165) is 24.2 Å². The topological polar surface area (TPSA) is 95.7 Å². The molecule has 1 heterocycles. The van der Waals surface area contributed by atoms with E-state index in [1.54, 1.807) is 11.0 Å². The largest absolute Gasteiger partial charge is 0.502 e. The van der Waals surface area contributed by atoms with Crippen LogP contribution < -0.4 is 10.2 Å². The number of hydrogen-bond donors (Lipinski definition) is 2. The average molecular weight is 355 g/mol. The smallest absolute Gasteiger partial charge is 0.311 e. The first-order valence-electron chi connectivity index (χ1n) is 8.55. The maximum absolute atomic E-state index is 11.9. The number of aromatic hydroxyl groups is 1. The van der Waals surface area contributed by atoms with Crippen LogP contribution in [0.25, 0.3) is 0 Å². The molecule has 0 aliphatic carbocycles. The molecule has 3 rings (SSSR count). The number of nitro benzene ring substituents is 1. The molecule has 1 aliphatic heterocycles. The van der Waals surface area contributed by atoms with Crippen molar-refractivity contribution >= 4 is 17.3 Å². The lowest BCUT2D eigenvalue weighted by atomic mass is 10.1. The second-order valence-corrected chi connectivity index (χ2v) is 6.43. The van der Waals surface area contributed by atoms with E-state index in [9.17, 15) is 20.0 Å². The first-order chi connectivity index (χ1) is 12.5. The number of hydrogen-bond acceptors (Lipinski definition) is 5. The van der Waals surface area contributed by atoms with Gasteiger partial charge in [0.2, 0.25) is 5.91 Å². The molecule has 0 radical (unpaired) electrons. The second kappa shape index (κ2) is 7.53. The zero-order valence-electron chi connectivity index (χ0n) is 14.5. The molecule has 0 saturated carbocycles. The molecule has 1 unspecified atom stereocenters. The number of carbonyl (C=O) groups excluding carboxylic acids is 1. The zero-order chi connectivity index (χ0) is 18.7. The molecule has 136 valence electrons. The maximum Gasteiger partial charge on any atom is 0.311 e. The van der Waals surface area contributed by atoms with Gasteiger partial charge in [-0.15, -0.1) is 0 Å². The highest BCUT2D eigenvalue weighted by molar-refractivity contribution is 5.95. The van der Waals surface area contributed by atoms with Gasteiger partial charge in [0.05, 0.1) is 4.92 Å². The molecule has 1 aliphatic rings. The summed E-state index contributed by atoms with van der Waals surface area (Å²) in [7, 11) is 0. The van der Waals surface area contributed by atoms with Crippen LogP contribution in [0.3, 0.4) is 0 Å². The number of phenolic OH excluding ortho intramolecular Hbond substituents is 1. The van der Waals surface area contributed by atoms with Gasteiger partial charge in [-0.05, 0) is 42.7 Å². The predicted molar refractivity (Wildman–Crippen MR) is 98.0 cm³/mol. The molecule has 0 spiro atoms. The first kappa shape index (κ1) is 17.9.